The second-order valence-corrected chi connectivity index (χ2v) is 8.74. The number of hydrogen-bond donors (Lipinski definition) is 2. The van der Waals surface area contributed by atoms with Gasteiger partial charge in [0.2, 0.25) is 0 Å². The Kier molecular flexibility index (Phi) is 6.68. The molecule has 0 aromatic heterocycles. The van der Waals surface area contributed by atoms with Crippen molar-refractivity contribution in [3.63, 3.8) is 0 Å². The highest BCUT2D eigenvalue weighted by Crippen LogP contribution is 2.30. The van der Waals surface area contributed by atoms with Crippen molar-refractivity contribution < 1.29 is 9.59 Å². The van der Waals surface area contributed by atoms with E-state index in [1.807, 2.05) is 32.0 Å². The van der Waals surface area contributed by atoms with Gasteiger partial charge in [0, 0.05) is 49.8 Å². The Morgan fingerprint density at radius 3 is 2.21 bits per heavy atom. The van der Waals surface area contributed by atoms with E-state index in [9.17, 15) is 9.59 Å². The number of carbonyl (C=O) groups is 2. The van der Waals surface area contributed by atoms with Crippen LogP contribution in [0.15, 0.2) is 47.7 Å². The van der Waals surface area contributed by atoms with Gasteiger partial charge in [0.1, 0.15) is 5.70 Å². The highest BCUT2D eigenvalue weighted by atomic mass is 16.2. The van der Waals surface area contributed by atoms with E-state index in [2.05, 4.69) is 6.07 Å². The van der Waals surface area contributed by atoms with E-state index in [1.54, 1.807) is 44.1 Å². The molecular formula is C26H29N5O2. The third-order valence-corrected chi connectivity index (χ3v) is 6.17. The van der Waals surface area contributed by atoms with Crippen molar-refractivity contribution in [1.82, 2.24) is 9.80 Å². The molecule has 1 fully saturated rings. The van der Waals surface area contributed by atoms with Crippen LogP contribution < -0.4 is 5.73 Å². The summed E-state index contributed by atoms with van der Waals surface area (Å²) in [6, 6.07) is 13.2. The van der Waals surface area contributed by atoms with Crippen molar-refractivity contribution in [3.05, 3.63) is 81.0 Å². The van der Waals surface area contributed by atoms with Crippen LogP contribution in [0.25, 0.3) is 0 Å². The third kappa shape index (κ3) is 4.65. The average Bonchev–Trinajstić information content (AvgIpc) is 2.76. The van der Waals surface area contributed by atoms with Gasteiger partial charge in [-0.3, -0.25) is 15.0 Å². The minimum Gasteiger partial charge on any atom is -0.394 e. The van der Waals surface area contributed by atoms with Crippen LogP contribution in [0.2, 0.25) is 0 Å². The molecule has 0 radical (unpaired) electrons. The molecule has 0 atom stereocenters. The van der Waals surface area contributed by atoms with E-state index >= 15 is 0 Å². The molecule has 0 aliphatic carbocycles. The van der Waals surface area contributed by atoms with Crippen molar-refractivity contribution >= 4 is 17.5 Å². The molecule has 3 N–H and O–H groups in total. The largest absolute Gasteiger partial charge is 0.394 e. The number of allylic oxidation sites excluding steroid dienone is 1. The number of amides is 2. The second kappa shape index (κ2) is 9.29. The smallest absolute Gasteiger partial charge is 0.269 e. The summed E-state index contributed by atoms with van der Waals surface area (Å²) in [5, 5.41) is 17.6. The molecule has 2 aromatic carbocycles. The van der Waals surface area contributed by atoms with Crippen molar-refractivity contribution in [2.45, 2.75) is 26.7 Å². The number of nitrogens with one attached hydrogen (secondary N) is 1. The second-order valence-electron chi connectivity index (χ2n) is 8.74. The zero-order chi connectivity index (χ0) is 24.4. The van der Waals surface area contributed by atoms with E-state index in [4.69, 9.17) is 16.4 Å². The Hall–Kier alpha value is -3.92. The zero-order valence-corrected chi connectivity index (χ0v) is 19.7. The van der Waals surface area contributed by atoms with Gasteiger partial charge in [0.15, 0.2) is 0 Å². The number of likely N-dealkylation sites (tertiary alicyclic amines) is 1. The van der Waals surface area contributed by atoms with Gasteiger partial charge in [0.25, 0.3) is 11.8 Å². The van der Waals surface area contributed by atoms with E-state index in [1.165, 1.54) is 4.90 Å². The molecular weight excluding hydrogens is 414 g/mol. The zero-order valence-electron chi connectivity index (χ0n) is 19.7. The summed E-state index contributed by atoms with van der Waals surface area (Å²) in [4.78, 5) is 28.6. The summed E-state index contributed by atoms with van der Waals surface area (Å²) >= 11 is 0. The summed E-state index contributed by atoms with van der Waals surface area (Å²) in [7, 11) is 3.22. The standard InChI is InChI=1S/C26H29N5O2/c1-15-10-16(2)22(11-21(15)23(28)17(3)24(29)26(33)30(4)5)25(32)31-13-20(14-31)19-8-6-18(12-27)7-9-19/h6-11,20,28H,13-14,29H2,1-5H3/b24-17-,28-23?. The minimum absolute atomic E-state index is 0.0193. The molecule has 1 aliphatic heterocycles. The number of nitrogens with two attached hydrogens (primary N) is 1. The molecule has 3 rings (SSSR count). The van der Waals surface area contributed by atoms with Gasteiger partial charge in [-0.25, -0.2) is 0 Å². The number of hydrogen-bond acceptors (Lipinski definition) is 5. The van der Waals surface area contributed by atoms with Gasteiger partial charge in [-0.15, -0.1) is 0 Å². The van der Waals surface area contributed by atoms with Crippen molar-refractivity contribution in [2.75, 3.05) is 27.2 Å². The predicted molar refractivity (Wildman–Crippen MR) is 128 cm³/mol. The average molecular weight is 444 g/mol. The number of carbonyl (C=O) groups excluding carboxylic acids is 2. The molecule has 1 aliphatic rings. The molecule has 2 aromatic rings. The fraction of sp³-hybridized carbons (Fsp3) is 0.308. The van der Waals surface area contributed by atoms with Gasteiger partial charge in [-0.2, -0.15) is 5.26 Å². The first-order valence-corrected chi connectivity index (χ1v) is 10.7. The first-order valence-electron chi connectivity index (χ1n) is 10.7. The summed E-state index contributed by atoms with van der Waals surface area (Å²) in [6.45, 7) is 6.63. The van der Waals surface area contributed by atoms with Crippen LogP contribution in [0.5, 0.6) is 0 Å². The third-order valence-electron chi connectivity index (χ3n) is 6.17. The first-order chi connectivity index (χ1) is 15.5. The first kappa shape index (κ1) is 23.7. The lowest BCUT2D eigenvalue weighted by molar-refractivity contribution is -0.124. The van der Waals surface area contributed by atoms with Gasteiger partial charge in [-0.05, 0) is 55.7 Å². The van der Waals surface area contributed by atoms with Crippen molar-refractivity contribution in [1.29, 1.82) is 10.7 Å². The molecule has 7 heteroatoms. The Labute approximate surface area is 194 Å². The maximum Gasteiger partial charge on any atom is 0.269 e. The van der Waals surface area contributed by atoms with Crippen LogP contribution in [0.4, 0.5) is 0 Å². The predicted octanol–water partition coefficient (Wildman–Crippen LogP) is 3.10. The van der Waals surface area contributed by atoms with E-state index in [0.717, 1.165) is 16.7 Å². The molecule has 170 valence electrons. The molecule has 0 saturated carbocycles. The Balaban J connectivity index is 1.82. The van der Waals surface area contributed by atoms with E-state index < -0.39 is 0 Å². The number of nitrogens with zero attached hydrogens (tertiary/aromatic N) is 3. The summed E-state index contributed by atoms with van der Waals surface area (Å²) in [5.41, 5.74) is 11.1. The van der Waals surface area contributed by atoms with Crippen LogP contribution in [0.3, 0.4) is 0 Å². The van der Waals surface area contributed by atoms with Gasteiger partial charge >= 0.3 is 0 Å². The fourth-order valence-electron chi connectivity index (χ4n) is 3.95. The molecule has 33 heavy (non-hydrogen) atoms. The quantitative estimate of drug-likeness (QED) is 0.546. The maximum atomic E-state index is 13.2. The van der Waals surface area contributed by atoms with Gasteiger partial charge in [-0.1, -0.05) is 18.2 Å². The maximum absolute atomic E-state index is 13.2. The SMILES string of the molecule is C/C(C(=N)c1cc(C(=O)N2CC(c3ccc(C#N)cc3)C2)c(C)cc1C)=C(/N)C(=O)N(C)C. The van der Waals surface area contributed by atoms with E-state index in [0.29, 0.717) is 35.4 Å². The van der Waals surface area contributed by atoms with Crippen molar-refractivity contribution in [2.24, 2.45) is 5.73 Å². The Morgan fingerprint density at radius 2 is 1.67 bits per heavy atom. The summed E-state index contributed by atoms with van der Waals surface area (Å²) in [6.07, 6.45) is 0. The number of nitriles is 1. The highest BCUT2D eigenvalue weighted by molar-refractivity contribution is 6.15. The van der Waals surface area contributed by atoms with Crippen LogP contribution in [0, 0.1) is 30.6 Å². The number of rotatable bonds is 5. The van der Waals surface area contributed by atoms with Gasteiger partial charge < -0.3 is 15.5 Å². The van der Waals surface area contributed by atoms with Crippen molar-refractivity contribution in [3.8, 4) is 6.07 Å². The van der Waals surface area contributed by atoms with Crippen LogP contribution >= 0.6 is 0 Å². The fourth-order valence-corrected chi connectivity index (χ4v) is 3.95. The normalized spacial score (nSPS) is 14.1. The van der Waals surface area contributed by atoms with Crippen LogP contribution in [-0.2, 0) is 4.79 Å². The van der Waals surface area contributed by atoms with Crippen LogP contribution in [0.1, 0.15) is 51.0 Å². The topological polar surface area (TPSA) is 114 Å². The monoisotopic (exact) mass is 443 g/mol. The number of likely N-dealkylation sites (N-methyl/N-ethyl adjacent to an activating group) is 1. The lowest BCUT2D eigenvalue weighted by atomic mass is 9.88. The molecule has 0 unspecified atom stereocenters. The van der Waals surface area contributed by atoms with E-state index in [-0.39, 0.29) is 29.1 Å². The molecule has 0 bridgehead atoms. The molecule has 0 spiro atoms. The van der Waals surface area contributed by atoms with Crippen LogP contribution in [-0.4, -0.2) is 54.5 Å². The van der Waals surface area contributed by atoms with Gasteiger partial charge in [0.05, 0.1) is 17.3 Å². The Morgan fingerprint density at radius 1 is 1.09 bits per heavy atom. The molecule has 2 amide bonds. The molecule has 1 heterocycles. The highest BCUT2D eigenvalue weighted by Gasteiger charge is 2.33. The molecule has 1 saturated heterocycles. The molecule has 7 nitrogen and oxygen atoms in total. The summed E-state index contributed by atoms with van der Waals surface area (Å²) in [5.74, 6) is -0.189. The Bertz CT molecular complexity index is 1200. The number of aryl methyl sites for hydroxylation is 2. The minimum atomic E-state index is -0.354. The lowest BCUT2D eigenvalue weighted by Gasteiger charge is -2.40. The number of benzene rings is 2. The summed E-state index contributed by atoms with van der Waals surface area (Å²) < 4.78 is 0. The lowest BCUT2D eigenvalue weighted by Crippen LogP contribution is -2.48.